The number of anilines is 1. The summed E-state index contributed by atoms with van der Waals surface area (Å²) < 4.78 is 5.39. The van der Waals surface area contributed by atoms with Crippen LogP contribution in [0.25, 0.3) is 10.9 Å². The summed E-state index contributed by atoms with van der Waals surface area (Å²) >= 11 is 0. The van der Waals surface area contributed by atoms with Gasteiger partial charge in [0, 0.05) is 18.5 Å². The molecule has 0 atom stereocenters. The minimum Gasteiger partial charge on any atom is -0.378 e. The number of nitrogens with zero attached hydrogens (tertiary/aromatic N) is 2. The molecular weight excluding hydrogens is 224 g/mol. The third-order valence-electron chi connectivity index (χ3n) is 3.44. The Morgan fingerprint density at radius 3 is 2.67 bits per heavy atom. The monoisotopic (exact) mass is 242 g/mol. The Hall–Kier alpha value is -1.61. The van der Waals surface area contributed by atoms with Crippen LogP contribution >= 0.6 is 0 Å². The third-order valence-corrected chi connectivity index (χ3v) is 3.44. The van der Waals surface area contributed by atoms with Crippen molar-refractivity contribution in [3.8, 4) is 0 Å². The Balaban J connectivity index is 2.06. The highest BCUT2D eigenvalue weighted by Crippen LogP contribution is 2.24. The van der Waals surface area contributed by atoms with Crippen molar-refractivity contribution in [2.45, 2.75) is 13.8 Å². The minimum absolute atomic E-state index is 0.799. The van der Waals surface area contributed by atoms with E-state index in [1.54, 1.807) is 0 Å². The van der Waals surface area contributed by atoms with Gasteiger partial charge in [0.15, 0.2) is 0 Å². The largest absolute Gasteiger partial charge is 0.378 e. The van der Waals surface area contributed by atoms with Crippen molar-refractivity contribution in [1.29, 1.82) is 0 Å². The first-order valence-corrected chi connectivity index (χ1v) is 6.45. The van der Waals surface area contributed by atoms with Gasteiger partial charge in [0.05, 0.1) is 18.7 Å². The summed E-state index contributed by atoms with van der Waals surface area (Å²) in [7, 11) is 0. The lowest BCUT2D eigenvalue weighted by Crippen LogP contribution is -2.37. The summed E-state index contributed by atoms with van der Waals surface area (Å²) in [6.45, 7) is 7.72. The number of benzene rings is 1. The quantitative estimate of drug-likeness (QED) is 0.768. The maximum absolute atomic E-state index is 5.39. The Kier molecular flexibility index (Phi) is 2.92. The second-order valence-electron chi connectivity index (χ2n) is 4.92. The Morgan fingerprint density at radius 1 is 1.11 bits per heavy atom. The second-order valence-corrected chi connectivity index (χ2v) is 4.92. The second kappa shape index (κ2) is 4.58. The number of aromatic nitrogens is 1. The molecule has 18 heavy (non-hydrogen) atoms. The lowest BCUT2D eigenvalue weighted by atomic mass is 10.1. The summed E-state index contributed by atoms with van der Waals surface area (Å²) in [5.74, 6) is 1.11. The summed E-state index contributed by atoms with van der Waals surface area (Å²) in [6.07, 6.45) is 0. The fourth-order valence-electron chi connectivity index (χ4n) is 2.49. The number of rotatable bonds is 1. The topological polar surface area (TPSA) is 25.4 Å². The van der Waals surface area contributed by atoms with Gasteiger partial charge in [-0.15, -0.1) is 0 Å². The van der Waals surface area contributed by atoms with Crippen molar-refractivity contribution in [3.63, 3.8) is 0 Å². The molecule has 94 valence electrons. The van der Waals surface area contributed by atoms with Crippen LogP contribution in [0.3, 0.4) is 0 Å². The van der Waals surface area contributed by atoms with Gasteiger partial charge in [0.2, 0.25) is 0 Å². The van der Waals surface area contributed by atoms with Gasteiger partial charge in [-0.1, -0.05) is 11.6 Å². The summed E-state index contributed by atoms with van der Waals surface area (Å²) in [6, 6.07) is 8.65. The van der Waals surface area contributed by atoms with Gasteiger partial charge < -0.3 is 9.64 Å². The number of fused-ring (bicyclic) bond motifs is 1. The van der Waals surface area contributed by atoms with E-state index in [0.29, 0.717) is 0 Å². The number of hydrogen-bond donors (Lipinski definition) is 0. The van der Waals surface area contributed by atoms with Crippen molar-refractivity contribution in [1.82, 2.24) is 4.98 Å². The minimum atomic E-state index is 0.799. The molecule has 3 nitrogen and oxygen atoms in total. The van der Waals surface area contributed by atoms with Crippen LogP contribution in [0.15, 0.2) is 24.3 Å². The zero-order valence-electron chi connectivity index (χ0n) is 10.9. The molecule has 3 heteroatoms. The summed E-state index contributed by atoms with van der Waals surface area (Å²) in [5.41, 5.74) is 3.60. The van der Waals surface area contributed by atoms with Crippen LogP contribution in [0.5, 0.6) is 0 Å². The standard InChI is InChI=1S/C15H18N2O/c1-11-3-4-14-13(9-11)10-12(2)15(16-14)17-5-7-18-8-6-17/h3-4,9-10H,5-8H2,1-2H3. The average Bonchev–Trinajstić information content (AvgIpc) is 2.39. The maximum atomic E-state index is 5.39. The molecule has 0 radical (unpaired) electrons. The van der Waals surface area contributed by atoms with E-state index in [1.165, 1.54) is 16.5 Å². The molecule has 2 heterocycles. The molecular formula is C15H18N2O. The van der Waals surface area contributed by atoms with Crippen molar-refractivity contribution < 1.29 is 4.74 Å². The SMILES string of the molecule is Cc1ccc2nc(N3CCOCC3)c(C)cc2c1. The summed E-state index contributed by atoms with van der Waals surface area (Å²) in [5, 5.41) is 1.23. The number of ether oxygens (including phenoxy) is 1. The molecule has 2 aromatic rings. The van der Waals surface area contributed by atoms with Gasteiger partial charge in [-0.3, -0.25) is 0 Å². The highest BCUT2D eigenvalue weighted by Gasteiger charge is 2.15. The van der Waals surface area contributed by atoms with E-state index in [0.717, 1.165) is 37.6 Å². The molecule has 1 aliphatic rings. The van der Waals surface area contributed by atoms with Gasteiger partial charge in [0.1, 0.15) is 5.82 Å². The predicted octanol–water partition coefficient (Wildman–Crippen LogP) is 2.69. The maximum Gasteiger partial charge on any atom is 0.132 e. The van der Waals surface area contributed by atoms with Gasteiger partial charge in [-0.25, -0.2) is 4.98 Å². The lowest BCUT2D eigenvalue weighted by Gasteiger charge is -2.29. The molecule has 0 bridgehead atoms. The van der Waals surface area contributed by atoms with Gasteiger partial charge >= 0.3 is 0 Å². The van der Waals surface area contributed by atoms with E-state index in [-0.39, 0.29) is 0 Å². The van der Waals surface area contributed by atoms with Crippen LogP contribution in [-0.2, 0) is 4.74 Å². The van der Waals surface area contributed by atoms with Crippen LogP contribution in [-0.4, -0.2) is 31.3 Å². The van der Waals surface area contributed by atoms with Crippen molar-refractivity contribution in [2.24, 2.45) is 0 Å². The number of morpholine rings is 1. The first kappa shape index (κ1) is 11.5. The fourth-order valence-corrected chi connectivity index (χ4v) is 2.49. The zero-order chi connectivity index (χ0) is 12.5. The molecule has 3 rings (SSSR count). The van der Waals surface area contributed by atoms with Crippen molar-refractivity contribution >= 4 is 16.7 Å². The molecule has 1 saturated heterocycles. The molecule has 1 aromatic carbocycles. The number of hydrogen-bond acceptors (Lipinski definition) is 3. The first-order chi connectivity index (χ1) is 8.74. The van der Waals surface area contributed by atoms with E-state index < -0.39 is 0 Å². The van der Waals surface area contributed by atoms with E-state index in [2.05, 4.69) is 43.0 Å². The third kappa shape index (κ3) is 2.06. The molecule has 1 aliphatic heterocycles. The predicted molar refractivity (Wildman–Crippen MR) is 74.2 cm³/mol. The molecule has 1 fully saturated rings. The first-order valence-electron chi connectivity index (χ1n) is 6.45. The number of aryl methyl sites for hydroxylation is 2. The van der Waals surface area contributed by atoms with Crippen LogP contribution < -0.4 is 4.90 Å². The Morgan fingerprint density at radius 2 is 1.89 bits per heavy atom. The van der Waals surface area contributed by atoms with Crippen molar-refractivity contribution in [3.05, 3.63) is 35.4 Å². The average molecular weight is 242 g/mol. The number of pyridine rings is 1. The fraction of sp³-hybridized carbons (Fsp3) is 0.400. The Labute approximate surface area is 107 Å². The lowest BCUT2D eigenvalue weighted by molar-refractivity contribution is 0.122. The van der Waals surface area contributed by atoms with Crippen LogP contribution in [0.4, 0.5) is 5.82 Å². The molecule has 0 spiro atoms. The molecule has 0 N–H and O–H groups in total. The molecule has 0 aliphatic carbocycles. The van der Waals surface area contributed by atoms with E-state index in [4.69, 9.17) is 9.72 Å². The summed E-state index contributed by atoms with van der Waals surface area (Å²) in [4.78, 5) is 7.13. The van der Waals surface area contributed by atoms with E-state index >= 15 is 0 Å². The van der Waals surface area contributed by atoms with Gasteiger partial charge in [-0.2, -0.15) is 0 Å². The van der Waals surface area contributed by atoms with E-state index in [9.17, 15) is 0 Å². The highest BCUT2D eigenvalue weighted by molar-refractivity contribution is 5.82. The van der Waals surface area contributed by atoms with Crippen molar-refractivity contribution in [2.75, 3.05) is 31.2 Å². The smallest absolute Gasteiger partial charge is 0.132 e. The molecule has 0 saturated carbocycles. The normalized spacial score (nSPS) is 16.2. The molecule has 1 aromatic heterocycles. The zero-order valence-corrected chi connectivity index (χ0v) is 10.9. The van der Waals surface area contributed by atoms with E-state index in [1.807, 2.05) is 0 Å². The van der Waals surface area contributed by atoms with Crippen LogP contribution in [0, 0.1) is 13.8 Å². The highest BCUT2D eigenvalue weighted by atomic mass is 16.5. The van der Waals surface area contributed by atoms with Gasteiger partial charge in [-0.05, 0) is 37.6 Å². The molecule has 0 unspecified atom stereocenters. The van der Waals surface area contributed by atoms with Crippen LogP contribution in [0.1, 0.15) is 11.1 Å². The Bertz CT molecular complexity index is 574. The van der Waals surface area contributed by atoms with Crippen LogP contribution in [0.2, 0.25) is 0 Å². The molecule has 0 amide bonds. The van der Waals surface area contributed by atoms with Gasteiger partial charge in [0.25, 0.3) is 0 Å².